The van der Waals surface area contributed by atoms with Crippen LogP contribution in [0.25, 0.3) is 0 Å². The van der Waals surface area contributed by atoms with E-state index in [4.69, 9.17) is 17.3 Å². The molecule has 0 atom stereocenters. The largest absolute Gasteiger partial charge is 0.321 e. The van der Waals surface area contributed by atoms with Crippen molar-refractivity contribution in [3.05, 3.63) is 34.4 Å². The van der Waals surface area contributed by atoms with Gasteiger partial charge in [0.05, 0.1) is 0 Å². The molecule has 1 aromatic rings. The van der Waals surface area contributed by atoms with Crippen molar-refractivity contribution in [1.29, 1.82) is 0 Å². The van der Waals surface area contributed by atoms with E-state index in [1.807, 2.05) is 0 Å². The Kier molecular flexibility index (Phi) is 2.69. The molecule has 4 heteroatoms. The molecule has 1 fully saturated rings. The first kappa shape index (κ1) is 10.8. The van der Waals surface area contributed by atoms with Crippen LogP contribution in [0.3, 0.4) is 0 Å². The van der Waals surface area contributed by atoms with E-state index < -0.39 is 22.2 Å². The highest BCUT2D eigenvalue weighted by molar-refractivity contribution is 6.31. The maximum Gasteiger partial charge on any atom is 0.149 e. The summed E-state index contributed by atoms with van der Waals surface area (Å²) in [6.07, 6.45) is 3.41. The van der Waals surface area contributed by atoms with Gasteiger partial charge in [-0.3, -0.25) is 0 Å². The van der Waals surface area contributed by atoms with Crippen LogP contribution in [-0.2, 0) is 5.54 Å². The van der Waals surface area contributed by atoms with Gasteiger partial charge in [0.15, 0.2) is 0 Å². The van der Waals surface area contributed by atoms with Crippen molar-refractivity contribution in [2.45, 2.75) is 31.2 Å². The highest BCUT2D eigenvalue weighted by Crippen LogP contribution is 2.39. The molecule has 2 rings (SSSR count). The fraction of sp³-hybridized carbons (Fsp3) is 0.455. The molecule has 0 aliphatic heterocycles. The van der Waals surface area contributed by atoms with Gasteiger partial charge in [-0.15, -0.1) is 0 Å². The fourth-order valence-corrected chi connectivity index (χ4v) is 2.35. The molecule has 0 unspecified atom stereocenters. The van der Waals surface area contributed by atoms with Crippen LogP contribution < -0.4 is 5.73 Å². The summed E-state index contributed by atoms with van der Waals surface area (Å²) in [6, 6.07) is 2.58. The van der Waals surface area contributed by atoms with Gasteiger partial charge in [0, 0.05) is 11.1 Å². The molecule has 0 heterocycles. The van der Waals surface area contributed by atoms with Gasteiger partial charge in [0.25, 0.3) is 0 Å². The lowest BCUT2D eigenvalue weighted by Crippen LogP contribution is -2.34. The molecule has 1 aliphatic rings. The van der Waals surface area contributed by atoms with E-state index in [1.165, 1.54) is 12.1 Å². The summed E-state index contributed by atoms with van der Waals surface area (Å²) in [7, 11) is 0. The van der Waals surface area contributed by atoms with Crippen LogP contribution >= 0.6 is 11.6 Å². The molecular weight excluding hydrogens is 220 g/mol. The third-order valence-corrected chi connectivity index (χ3v) is 3.41. The van der Waals surface area contributed by atoms with Crippen molar-refractivity contribution in [3.63, 3.8) is 0 Å². The first-order chi connectivity index (χ1) is 7.04. The molecule has 0 bridgehead atoms. The molecule has 82 valence electrons. The Bertz CT molecular complexity index is 386. The highest BCUT2D eigenvalue weighted by Gasteiger charge is 2.34. The van der Waals surface area contributed by atoms with E-state index in [-0.39, 0.29) is 0 Å². The lowest BCUT2D eigenvalue weighted by Gasteiger charge is -2.25. The average Bonchev–Trinajstić information content (AvgIpc) is 2.62. The van der Waals surface area contributed by atoms with Gasteiger partial charge in [-0.1, -0.05) is 30.5 Å². The molecule has 1 aliphatic carbocycles. The number of benzene rings is 1. The zero-order valence-corrected chi connectivity index (χ0v) is 8.95. The summed E-state index contributed by atoms with van der Waals surface area (Å²) in [4.78, 5) is 0. The average molecular weight is 232 g/mol. The van der Waals surface area contributed by atoms with Gasteiger partial charge in [0.2, 0.25) is 0 Å². The van der Waals surface area contributed by atoms with Gasteiger partial charge in [-0.05, 0) is 18.9 Å². The van der Waals surface area contributed by atoms with Gasteiger partial charge in [-0.25, -0.2) is 8.78 Å². The summed E-state index contributed by atoms with van der Waals surface area (Å²) in [5.74, 6) is -1.44. The van der Waals surface area contributed by atoms with Crippen LogP contribution in [0.1, 0.15) is 31.2 Å². The van der Waals surface area contributed by atoms with E-state index in [9.17, 15) is 8.78 Å². The normalized spacial score (nSPS) is 19.5. The molecular formula is C11H12ClF2N. The Morgan fingerprint density at radius 3 is 2.40 bits per heavy atom. The van der Waals surface area contributed by atoms with Crippen molar-refractivity contribution in [1.82, 2.24) is 0 Å². The van der Waals surface area contributed by atoms with Crippen LogP contribution in [-0.4, -0.2) is 0 Å². The van der Waals surface area contributed by atoms with Crippen molar-refractivity contribution in [2.75, 3.05) is 0 Å². The third-order valence-electron chi connectivity index (χ3n) is 3.07. The number of halogens is 3. The van der Waals surface area contributed by atoms with Gasteiger partial charge < -0.3 is 5.73 Å². The Hall–Kier alpha value is -0.670. The second-order valence-corrected chi connectivity index (χ2v) is 4.46. The predicted octanol–water partition coefficient (Wildman–Crippen LogP) is 3.35. The SMILES string of the molecule is NC1(c2ccc(F)c(Cl)c2F)CCCC1. The zero-order valence-electron chi connectivity index (χ0n) is 8.19. The summed E-state index contributed by atoms with van der Waals surface area (Å²) < 4.78 is 26.7. The third kappa shape index (κ3) is 1.74. The fourth-order valence-electron chi connectivity index (χ4n) is 2.19. The first-order valence-corrected chi connectivity index (χ1v) is 5.35. The molecule has 1 nitrogen and oxygen atoms in total. The molecule has 15 heavy (non-hydrogen) atoms. The smallest absolute Gasteiger partial charge is 0.149 e. The maximum atomic E-state index is 13.7. The highest BCUT2D eigenvalue weighted by atomic mass is 35.5. The van der Waals surface area contributed by atoms with Gasteiger partial charge >= 0.3 is 0 Å². The van der Waals surface area contributed by atoms with Crippen LogP contribution in [0.2, 0.25) is 5.02 Å². The molecule has 0 spiro atoms. The maximum absolute atomic E-state index is 13.7. The van der Waals surface area contributed by atoms with Crippen LogP contribution in [0.15, 0.2) is 12.1 Å². The zero-order chi connectivity index (χ0) is 11.1. The Morgan fingerprint density at radius 1 is 1.20 bits per heavy atom. The van der Waals surface area contributed by atoms with Crippen LogP contribution in [0, 0.1) is 11.6 Å². The molecule has 0 saturated heterocycles. The Morgan fingerprint density at radius 2 is 1.80 bits per heavy atom. The Labute approximate surface area is 92.2 Å². The van der Waals surface area contributed by atoms with Crippen molar-refractivity contribution in [2.24, 2.45) is 5.73 Å². The summed E-state index contributed by atoms with van der Waals surface area (Å²) in [5.41, 5.74) is 5.75. The minimum atomic E-state index is -0.737. The molecule has 0 aromatic heterocycles. The van der Waals surface area contributed by atoms with Gasteiger partial charge in [0.1, 0.15) is 16.7 Å². The molecule has 0 amide bonds. The van der Waals surface area contributed by atoms with Gasteiger partial charge in [-0.2, -0.15) is 0 Å². The summed E-state index contributed by atoms with van der Waals surface area (Å²) in [6.45, 7) is 0. The monoisotopic (exact) mass is 231 g/mol. The predicted molar refractivity (Wildman–Crippen MR) is 55.7 cm³/mol. The quantitative estimate of drug-likeness (QED) is 0.737. The first-order valence-electron chi connectivity index (χ1n) is 4.97. The van der Waals surface area contributed by atoms with Crippen molar-refractivity contribution >= 4 is 11.6 Å². The topological polar surface area (TPSA) is 26.0 Å². The lowest BCUT2D eigenvalue weighted by atomic mass is 9.89. The molecule has 0 radical (unpaired) electrons. The van der Waals surface area contributed by atoms with E-state index in [1.54, 1.807) is 0 Å². The molecule has 1 aromatic carbocycles. The second kappa shape index (κ2) is 3.72. The number of nitrogens with two attached hydrogens (primary N) is 1. The molecule has 1 saturated carbocycles. The Balaban J connectivity index is 2.49. The van der Waals surface area contributed by atoms with Crippen LogP contribution in [0.4, 0.5) is 8.78 Å². The van der Waals surface area contributed by atoms with Crippen molar-refractivity contribution < 1.29 is 8.78 Å². The second-order valence-electron chi connectivity index (χ2n) is 4.09. The number of hydrogen-bond acceptors (Lipinski definition) is 1. The summed E-state index contributed by atoms with van der Waals surface area (Å²) in [5, 5.41) is -0.454. The standard InChI is InChI=1S/C11H12ClF2N/c12-9-8(13)4-3-7(10(9)14)11(15)5-1-2-6-11/h3-4H,1-2,5-6,15H2. The van der Waals surface area contributed by atoms with Crippen LogP contribution in [0.5, 0.6) is 0 Å². The van der Waals surface area contributed by atoms with E-state index in [2.05, 4.69) is 0 Å². The molecule has 2 N–H and O–H groups in total. The number of rotatable bonds is 1. The minimum Gasteiger partial charge on any atom is -0.321 e. The van der Waals surface area contributed by atoms with E-state index >= 15 is 0 Å². The van der Waals surface area contributed by atoms with E-state index in [0.717, 1.165) is 25.7 Å². The number of hydrogen-bond donors (Lipinski definition) is 1. The minimum absolute atomic E-state index is 0.339. The summed E-state index contributed by atoms with van der Waals surface area (Å²) >= 11 is 5.52. The lowest BCUT2D eigenvalue weighted by molar-refractivity contribution is 0.430. The van der Waals surface area contributed by atoms with Crippen molar-refractivity contribution in [3.8, 4) is 0 Å². The van der Waals surface area contributed by atoms with E-state index in [0.29, 0.717) is 5.56 Å².